The van der Waals surface area contributed by atoms with Crippen molar-refractivity contribution in [2.75, 3.05) is 0 Å². The fourth-order valence-electron chi connectivity index (χ4n) is 8.41. The van der Waals surface area contributed by atoms with E-state index >= 15 is 0 Å². The molecule has 9 heteroatoms. The molecule has 1 aliphatic heterocycles. The van der Waals surface area contributed by atoms with E-state index in [1.165, 1.54) is 61.2 Å². The zero-order valence-electron chi connectivity index (χ0n) is 26.5. The average molecular weight is 779 g/mol. The Labute approximate surface area is 294 Å². The standard InChI is InChI=1S/2C18H14F3.C3H6.2ClH.Zr/c2*1-2-12-10-14-4-3-5-16(17(14)11-12)13-6-8-15(9-7-13)18(19,20)21;1-3-2;;;/h2*3-11H,2H2,1H3;1-3H2;2*1H;/q;;;;;+2/p-2. The number of allylic oxidation sites excluding steroid dienone is 2. The Bertz CT molecular complexity index is 1730. The molecule has 2 unspecified atom stereocenters. The fraction of sp³-hybridized carbons (Fsp3) is 0.282. The van der Waals surface area contributed by atoms with Gasteiger partial charge in [-0.3, -0.25) is 0 Å². The summed E-state index contributed by atoms with van der Waals surface area (Å²) in [4.78, 5) is 0. The molecule has 7 rings (SSSR count). The second kappa shape index (κ2) is 13.6. The van der Waals surface area contributed by atoms with Gasteiger partial charge in [-0.05, 0) is 0 Å². The molecule has 0 nitrogen and oxygen atoms in total. The van der Waals surface area contributed by atoms with Crippen LogP contribution in [0.3, 0.4) is 0 Å². The Balaban J connectivity index is 0.00000225. The van der Waals surface area contributed by atoms with Gasteiger partial charge in [-0.15, -0.1) is 0 Å². The molecule has 0 N–H and O–H groups in total. The van der Waals surface area contributed by atoms with E-state index in [1.54, 1.807) is 24.3 Å². The maximum absolute atomic E-state index is 13.3. The number of hydrogen-bond donors (Lipinski definition) is 0. The van der Waals surface area contributed by atoms with E-state index in [0.717, 1.165) is 46.2 Å². The van der Waals surface area contributed by atoms with Crippen molar-refractivity contribution < 1.29 is 71.4 Å². The summed E-state index contributed by atoms with van der Waals surface area (Å²) < 4.78 is 83.1. The Kier molecular flexibility index (Phi) is 10.4. The Morgan fingerprint density at radius 2 is 0.938 bits per heavy atom. The molecule has 0 bridgehead atoms. The summed E-state index contributed by atoms with van der Waals surface area (Å²) in [5, 5.41) is 0. The van der Waals surface area contributed by atoms with Crippen LogP contribution in [-0.4, -0.2) is 0 Å². The van der Waals surface area contributed by atoms with Gasteiger partial charge in [0.05, 0.1) is 0 Å². The van der Waals surface area contributed by atoms with Crippen molar-refractivity contribution >= 4 is 12.2 Å². The van der Waals surface area contributed by atoms with Crippen molar-refractivity contribution in [3.8, 4) is 22.3 Å². The molecule has 250 valence electrons. The summed E-state index contributed by atoms with van der Waals surface area (Å²) in [7, 11) is 0. The molecular weight excluding hydrogens is 745 g/mol. The van der Waals surface area contributed by atoms with Crippen LogP contribution in [0.25, 0.3) is 34.4 Å². The van der Waals surface area contributed by atoms with E-state index in [0.29, 0.717) is 7.25 Å². The van der Waals surface area contributed by atoms with E-state index in [4.69, 9.17) is 0 Å². The predicted octanol–water partition coefficient (Wildman–Crippen LogP) is 6.86. The topological polar surface area (TPSA) is 0 Å². The maximum Gasteiger partial charge on any atom is -1.00 e. The molecule has 48 heavy (non-hydrogen) atoms. The minimum Gasteiger partial charge on any atom is -1.00 e. The van der Waals surface area contributed by atoms with Crippen molar-refractivity contribution in [2.45, 2.75) is 61.0 Å². The van der Waals surface area contributed by atoms with Crippen LogP contribution in [0, 0.1) is 0 Å². The number of rotatable bonds is 6. The quantitative estimate of drug-likeness (QED) is 0.188. The smallest absolute Gasteiger partial charge is 1.00 e. The number of hydrogen-bond acceptors (Lipinski definition) is 0. The second-order valence-corrected chi connectivity index (χ2v) is 24.2. The van der Waals surface area contributed by atoms with Gasteiger partial charge in [0.25, 0.3) is 0 Å². The van der Waals surface area contributed by atoms with Gasteiger partial charge in [-0.25, -0.2) is 0 Å². The first kappa shape index (κ1) is 36.7. The van der Waals surface area contributed by atoms with Gasteiger partial charge in [0.1, 0.15) is 0 Å². The normalized spacial score (nSPS) is 18.6. The molecule has 1 heterocycles. The largest absolute Gasteiger partial charge is 1.00 e. The summed E-state index contributed by atoms with van der Waals surface area (Å²) in [6.45, 7) is 4.42. The molecule has 4 aromatic carbocycles. The van der Waals surface area contributed by atoms with Crippen LogP contribution in [0.5, 0.6) is 0 Å². The zero-order valence-corrected chi connectivity index (χ0v) is 30.4. The van der Waals surface area contributed by atoms with Gasteiger partial charge in [0, 0.05) is 0 Å². The van der Waals surface area contributed by atoms with Gasteiger partial charge in [-0.2, -0.15) is 0 Å². The number of fused-ring (bicyclic) bond motifs is 2. The van der Waals surface area contributed by atoms with Crippen molar-refractivity contribution in [1.82, 2.24) is 0 Å². The Hall–Kier alpha value is -2.60. The number of benzene rings is 4. The summed E-state index contributed by atoms with van der Waals surface area (Å²) in [6.07, 6.45) is -1.06. The molecule has 4 aromatic rings. The van der Waals surface area contributed by atoms with E-state index in [2.05, 4.69) is 50.3 Å². The van der Waals surface area contributed by atoms with Gasteiger partial charge in [0.2, 0.25) is 0 Å². The Morgan fingerprint density at radius 1 is 0.562 bits per heavy atom. The van der Waals surface area contributed by atoms with Gasteiger partial charge >= 0.3 is 271 Å². The number of alkyl halides is 6. The van der Waals surface area contributed by atoms with Crippen molar-refractivity contribution in [1.29, 1.82) is 0 Å². The average Bonchev–Trinajstić information content (AvgIpc) is 3.59. The first-order valence-electron chi connectivity index (χ1n) is 16.0. The van der Waals surface area contributed by atoms with Crippen molar-refractivity contribution in [2.24, 2.45) is 0 Å². The third-order valence-corrected chi connectivity index (χ3v) is 25.9. The first-order chi connectivity index (χ1) is 22.0. The molecule has 0 radical (unpaired) electrons. The van der Waals surface area contributed by atoms with E-state index in [-0.39, 0.29) is 24.8 Å². The molecule has 0 spiro atoms. The third kappa shape index (κ3) is 6.07. The van der Waals surface area contributed by atoms with Crippen LogP contribution in [0.4, 0.5) is 26.3 Å². The molecule has 0 saturated carbocycles. The molecule has 1 saturated heterocycles. The first-order valence-corrected chi connectivity index (χ1v) is 22.3. The van der Waals surface area contributed by atoms with E-state index < -0.39 is 43.7 Å². The van der Waals surface area contributed by atoms with Crippen LogP contribution < -0.4 is 24.8 Å². The minimum atomic E-state index is -4.38. The Morgan fingerprint density at radius 3 is 1.23 bits per heavy atom. The van der Waals surface area contributed by atoms with Crippen LogP contribution in [0.1, 0.15) is 73.7 Å². The monoisotopic (exact) mass is 776 g/mol. The van der Waals surface area contributed by atoms with Gasteiger partial charge in [0.15, 0.2) is 0 Å². The molecule has 2 aliphatic carbocycles. The molecule has 0 aromatic heterocycles. The maximum atomic E-state index is 13.3. The van der Waals surface area contributed by atoms with Crippen molar-refractivity contribution in [3.63, 3.8) is 0 Å². The van der Waals surface area contributed by atoms with Crippen molar-refractivity contribution in [3.05, 3.63) is 129 Å². The molecule has 1 fully saturated rings. The molecule has 0 amide bonds. The molecule has 2 atom stereocenters. The van der Waals surface area contributed by atoms with Gasteiger partial charge in [-0.1, -0.05) is 0 Å². The summed E-state index contributed by atoms with van der Waals surface area (Å²) in [5.74, 6) is 0. The summed E-state index contributed by atoms with van der Waals surface area (Å²) >= 11 is -3.13. The van der Waals surface area contributed by atoms with Crippen LogP contribution in [0.2, 0.25) is 8.26 Å². The summed E-state index contributed by atoms with van der Waals surface area (Å²) in [5.41, 5.74) is 10.0. The SMILES string of the molecule is CCC1=Cc2c(-c3ccc(C(F)(F)F)cc3)cccc2[CH]1[Zr+2]1([CH]2C(CC)=Cc3c(-c4ccc(C(F)(F)F)cc4)cccc32)[CH2]C[CH2]1.[Cl-].[Cl-]. The fourth-order valence-corrected chi connectivity index (χ4v) is 24.3. The third-order valence-electron chi connectivity index (χ3n) is 10.6. The van der Waals surface area contributed by atoms with E-state index in [9.17, 15) is 26.3 Å². The van der Waals surface area contributed by atoms with Gasteiger partial charge < -0.3 is 24.8 Å². The van der Waals surface area contributed by atoms with Crippen LogP contribution in [0.15, 0.2) is 96.1 Å². The summed E-state index contributed by atoms with van der Waals surface area (Å²) in [6, 6.07) is 23.7. The number of halogens is 8. The minimum absolute atomic E-state index is 0. The molecular formula is C39H34Cl2F6Zr. The predicted molar refractivity (Wildman–Crippen MR) is 170 cm³/mol. The van der Waals surface area contributed by atoms with Crippen LogP contribution >= 0.6 is 0 Å². The van der Waals surface area contributed by atoms with E-state index in [1.807, 2.05) is 12.1 Å². The zero-order chi connectivity index (χ0) is 32.4. The second-order valence-electron chi connectivity index (χ2n) is 12.9. The van der Waals surface area contributed by atoms with Crippen LogP contribution in [-0.2, 0) is 32.6 Å². The molecule has 3 aliphatic rings.